The molecule has 4 rings (SSSR count). The number of halogens is 1. The van der Waals surface area contributed by atoms with E-state index in [1.165, 1.54) is 35.0 Å². The Kier molecular flexibility index (Phi) is 4.56. The standard InChI is InChI=1S/C20H17FN4O2S/c1-15-5-7-18(8-6-15)25(12-16-3-2-4-17(21)11-16)28(26,27)19-9-10-20-23-22-14-24(20)13-19/h2-11,13-14H,12H2,1H3. The highest BCUT2D eigenvalue weighted by molar-refractivity contribution is 7.92. The summed E-state index contributed by atoms with van der Waals surface area (Å²) in [5.41, 5.74) is 2.61. The van der Waals surface area contributed by atoms with Gasteiger partial charge in [0.1, 0.15) is 17.0 Å². The van der Waals surface area contributed by atoms with E-state index in [9.17, 15) is 12.8 Å². The van der Waals surface area contributed by atoms with Gasteiger partial charge in [0.2, 0.25) is 0 Å². The van der Waals surface area contributed by atoms with Gasteiger partial charge in [-0.2, -0.15) is 0 Å². The molecule has 28 heavy (non-hydrogen) atoms. The number of anilines is 1. The Bertz CT molecular complexity index is 1240. The molecule has 142 valence electrons. The Hall–Kier alpha value is -3.26. The minimum atomic E-state index is -3.91. The zero-order valence-corrected chi connectivity index (χ0v) is 15.8. The van der Waals surface area contributed by atoms with Gasteiger partial charge in [0.15, 0.2) is 5.65 Å². The molecule has 0 aliphatic heterocycles. The smallest absolute Gasteiger partial charge is 0.266 e. The number of rotatable bonds is 5. The summed E-state index contributed by atoms with van der Waals surface area (Å²) in [5, 5.41) is 7.67. The number of benzene rings is 2. The highest BCUT2D eigenvalue weighted by Gasteiger charge is 2.26. The monoisotopic (exact) mass is 396 g/mol. The molecule has 4 aromatic rings. The lowest BCUT2D eigenvalue weighted by atomic mass is 10.2. The van der Waals surface area contributed by atoms with Crippen LogP contribution >= 0.6 is 0 Å². The average Bonchev–Trinajstić information content (AvgIpc) is 3.15. The molecule has 0 aliphatic carbocycles. The van der Waals surface area contributed by atoms with Gasteiger partial charge in [-0.3, -0.25) is 8.71 Å². The Morgan fingerprint density at radius 1 is 1.07 bits per heavy atom. The van der Waals surface area contributed by atoms with Crippen molar-refractivity contribution in [3.05, 3.63) is 90.1 Å². The average molecular weight is 396 g/mol. The van der Waals surface area contributed by atoms with Gasteiger partial charge >= 0.3 is 0 Å². The minimum Gasteiger partial charge on any atom is -0.288 e. The molecule has 0 spiro atoms. The van der Waals surface area contributed by atoms with Crippen LogP contribution in [0.5, 0.6) is 0 Å². The fraction of sp³-hybridized carbons (Fsp3) is 0.100. The lowest BCUT2D eigenvalue weighted by molar-refractivity contribution is 0.589. The minimum absolute atomic E-state index is 0.00334. The number of sulfonamides is 1. The van der Waals surface area contributed by atoms with E-state index in [1.54, 1.807) is 34.7 Å². The SMILES string of the molecule is Cc1ccc(N(Cc2cccc(F)c2)S(=O)(=O)c2ccc3nncn3c2)cc1. The van der Waals surface area contributed by atoms with Gasteiger partial charge in [0, 0.05) is 6.20 Å². The Labute approximate surface area is 161 Å². The molecule has 2 aromatic heterocycles. The normalized spacial score (nSPS) is 11.6. The molecule has 0 fully saturated rings. The highest BCUT2D eigenvalue weighted by atomic mass is 32.2. The predicted octanol–water partition coefficient (Wildman–Crippen LogP) is 3.57. The van der Waals surface area contributed by atoms with Crippen molar-refractivity contribution in [1.82, 2.24) is 14.6 Å². The van der Waals surface area contributed by atoms with Crippen LogP contribution in [0.25, 0.3) is 5.65 Å². The van der Waals surface area contributed by atoms with Crippen LogP contribution in [0, 0.1) is 12.7 Å². The molecule has 2 aromatic carbocycles. The summed E-state index contributed by atoms with van der Waals surface area (Å²) < 4.78 is 43.4. The van der Waals surface area contributed by atoms with E-state index >= 15 is 0 Å². The van der Waals surface area contributed by atoms with E-state index in [-0.39, 0.29) is 11.4 Å². The number of pyridine rings is 1. The molecule has 0 saturated carbocycles. The van der Waals surface area contributed by atoms with E-state index in [0.717, 1.165) is 5.56 Å². The second-order valence-electron chi connectivity index (χ2n) is 6.44. The Morgan fingerprint density at radius 3 is 2.61 bits per heavy atom. The summed E-state index contributed by atoms with van der Waals surface area (Å²) in [6.45, 7) is 1.93. The van der Waals surface area contributed by atoms with Crippen LogP contribution in [0.4, 0.5) is 10.1 Å². The number of hydrogen-bond donors (Lipinski definition) is 0. The first-order valence-electron chi connectivity index (χ1n) is 8.57. The second-order valence-corrected chi connectivity index (χ2v) is 8.30. The summed E-state index contributed by atoms with van der Waals surface area (Å²) in [5.74, 6) is -0.412. The zero-order valence-electron chi connectivity index (χ0n) is 15.0. The van der Waals surface area contributed by atoms with Gasteiger partial charge in [-0.15, -0.1) is 10.2 Å². The molecule has 0 saturated heterocycles. The molecular formula is C20H17FN4O2S. The van der Waals surface area contributed by atoms with Crippen LogP contribution in [-0.4, -0.2) is 23.0 Å². The summed E-state index contributed by atoms with van der Waals surface area (Å²) in [4.78, 5) is 0.0942. The molecule has 0 atom stereocenters. The van der Waals surface area contributed by atoms with Gasteiger partial charge in [0.25, 0.3) is 10.0 Å². The molecule has 0 aliphatic rings. The summed E-state index contributed by atoms with van der Waals surface area (Å²) >= 11 is 0. The van der Waals surface area contributed by atoms with E-state index < -0.39 is 15.8 Å². The quantitative estimate of drug-likeness (QED) is 0.517. The topological polar surface area (TPSA) is 67.6 Å². The summed E-state index contributed by atoms with van der Waals surface area (Å²) in [6.07, 6.45) is 2.91. The van der Waals surface area contributed by atoms with Gasteiger partial charge in [-0.05, 0) is 48.9 Å². The van der Waals surface area contributed by atoms with Crippen molar-refractivity contribution in [2.24, 2.45) is 0 Å². The maximum absolute atomic E-state index is 13.6. The second kappa shape index (κ2) is 7.05. The third-order valence-corrected chi connectivity index (χ3v) is 6.15. The predicted molar refractivity (Wildman–Crippen MR) is 104 cm³/mol. The van der Waals surface area contributed by atoms with Crippen LogP contribution < -0.4 is 4.31 Å². The third kappa shape index (κ3) is 3.46. The lowest BCUT2D eigenvalue weighted by Gasteiger charge is -2.25. The van der Waals surface area contributed by atoms with Crippen LogP contribution in [0.3, 0.4) is 0 Å². The van der Waals surface area contributed by atoms with Gasteiger partial charge < -0.3 is 0 Å². The van der Waals surface area contributed by atoms with Crippen molar-refractivity contribution in [2.75, 3.05) is 4.31 Å². The zero-order chi connectivity index (χ0) is 19.7. The molecule has 0 bridgehead atoms. The number of aromatic nitrogens is 3. The van der Waals surface area contributed by atoms with E-state index in [2.05, 4.69) is 10.2 Å². The fourth-order valence-electron chi connectivity index (χ4n) is 2.91. The number of aryl methyl sites for hydroxylation is 1. The van der Waals surface area contributed by atoms with Crippen LogP contribution in [-0.2, 0) is 16.6 Å². The molecule has 0 radical (unpaired) electrons. The van der Waals surface area contributed by atoms with Crippen molar-refractivity contribution in [3.8, 4) is 0 Å². The van der Waals surface area contributed by atoms with Gasteiger partial charge in [-0.1, -0.05) is 29.8 Å². The Balaban J connectivity index is 1.81. The van der Waals surface area contributed by atoms with Gasteiger partial charge in [-0.25, -0.2) is 12.8 Å². The summed E-state index contributed by atoms with van der Waals surface area (Å²) in [6, 6.07) is 16.2. The van der Waals surface area contributed by atoms with Crippen molar-refractivity contribution < 1.29 is 12.8 Å². The molecular weight excluding hydrogens is 379 g/mol. The number of nitrogens with zero attached hydrogens (tertiary/aromatic N) is 4. The van der Waals surface area contributed by atoms with E-state index in [0.29, 0.717) is 16.9 Å². The van der Waals surface area contributed by atoms with Gasteiger partial charge in [0.05, 0.1) is 12.2 Å². The molecule has 8 heteroatoms. The van der Waals surface area contributed by atoms with Crippen molar-refractivity contribution >= 4 is 21.4 Å². The highest BCUT2D eigenvalue weighted by Crippen LogP contribution is 2.26. The molecule has 0 N–H and O–H groups in total. The van der Waals surface area contributed by atoms with Crippen LogP contribution in [0.15, 0.2) is 78.1 Å². The molecule has 2 heterocycles. The number of hydrogen-bond acceptors (Lipinski definition) is 4. The third-order valence-electron chi connectivity index (χ3n) is 4.39. The van der Waals surface area contributed by atoms with Crippen molar-refractivity contribution in [2.45, 2.75) is 18.4 Å². The van der Waals surface area contributed by atoms with Crippen LogP contribution in [0.2, 0.25) is 0 Å². The Morgan fingerprint density at radius 2 is 1.86 bits per heavy atom. The summed E-state index contributed by atoms with van der Waals surface area (Å²) in [7, 11) is -3.91. The first kappa shape index (κ1) is 18.1. The number of fused-ring (bicyclic) bond motifs is 1. The fourth-order valence-corrected chi connectivity index (χ4v) is 4.37. The maximum Gasteiger partial charge on any atom is 0.266 e. The molecule has 0 unspecified atom stereocenters. The van der Waals surface area contributed by atoms with Crippen LogP contribution in [0.1, 0.15) is 11.1 Å². The van der Waals surface area contributed by atoms with E-state index in [4.69, 9.17) is 0 Å². The molecule has 0 amide bonds. The first-order valence-corrected chi connectivity index (χ1v) is 10.0. The largest absolute Gasteiger partial charge is 0.288 e. The van der Waals surface area contributed by atoms with E-state index in [1.807, 2.05) is 19.1 Å². The first-order chi connectivity index (χ1) is 13.4. The lowest BCUT2D eigenvalue weighted by Crippen LogP contribution is -2.30. The maximum atomic E-state index is 13.6. The van der Waals surface area contributed by atoms with Crippen molar-refractivity contribution in [1.29, 1.82) is 0 Å². The molecule has 6 nitrogen and oxygen atoms in total. The van der Waals surface area contributed by atoms with Crippen molar-refractivity contribution in [3.63, 3.8) is 0 Å².